The van der Waals surface area contributed by atoms with Gasteiger partial charge in [-0.2, -0.15) is 21.1 Å². The monoisotopic (exact) mass is 400 g/mol. The molecule has 1 amide bonds. The number of aromatic nitrogens is 2. The van der Waals surface area contributed by atoms with Gasteiger partial charge in [-0.05, 0) is 23.6 Å². The van der Waals surface area contributed by atoms with Gasteiger partial charge in [0.05, 0.1) is 23.1 Å². The molecule has 0 unspecified atom stereocenters. The van der Waals surface area contributed by atoms with E-state index in [1.807, 2.05) is 44.8 Å². The van der Waals surface area contributed by atoms with E-state index in [9.17, 15) is 9.59 Å². The van der Waals surface area contributed by atoms with Crippen LogP contribution in [-0.4, -0.2) is 46.8 Å². The van der Waals surface area contributed by atoms with Gasteiger partial charge in [0.2, 0.25) is 0 Å². The maximum atomic E-state index is 12.6. The highest BCUT2D eigenvalue weighted by molar-refractivity contribution is 7.08. The molecular weight excluding hydrogens is 384 g/mol. The summed E-state index contributed by atoms with van der Waals surface area (Å²) in [5.74, 6) is 0.0413. The molecule has 0 N–H and O–H groups in total. The molecule has 0 atom stereocenters. The second-order valence-electron chi connectivity index (χ2n) is 6.19. The Hall–Kier alpha value is -2.64. The zero-order valence-corrected chi connectivity index (χ0v) is 16.0. The summed E-state index contributed by atoms with van der Waals surface area (Å²) < 4.78 is 1.29. The number of nitrogens with zero attached hydrogens (tertiary/aromatic N) is 4. The molecule has 0 radical (unpaired) electrons. The Balaban J connectivity index is 1.51. The van der Waals surface area contributed by atoms with Crippen molar-refractivity contribution in [2.45, 2.75) is 0 Å². The molecule has 1 aliphatic rings. The molecule has 3 heterocycles. The van der Waals surface area contributed by atoms with E-state index in [0.717, 1.165) is 5.56 Å². The largest absolute Gasteiger partial charge is 0.365 e. The minimum absolute atomic E-state index is 0.0413. The summed E-state index contributed by atoms with van der Waals surface area (Å²) in [5, 5.41) is 8.18. The van der Waals surface area contributed by atoms with Crippen molar-refractivity contribution in [1.82, 2.24) is 14.7 Å². The first-order valence-corrected chi connectivity index (χ1v) is 9.87. The number of hydrogen-bond acceptors (Lipinski definition) is 5. The fourth-order valence-electron chi connectivity index (χ4n) is 3.12. The number of benzene rings is 1. The topological polar surface area (TPSA) is 58.4 Å². The lowest BCUT2D eigenvalue weighted by atomic mass is 10.2. The van der Waals surface area contributed by atoms with Gasteiger partial charge in [-0.15, -0.1) is 0 Å². The quantitative estimate of drug-likeness (QED) is 0.678. The van der Waals surface area contributed by atoms with E-state index < -0.39 is 0 Å². The summed E-state index contributed by atoms with van der Waals surface area (Å²) in [6.07, 6.45) is 1.62. The number of carbonyl (C=O) groups excluding carboxylic acids is 1. The Kier molecular flexibility index (Phi) is 4.96. The molecule has 0 bridgehead atoms. The maximum absolute atomic E-state index is 12.6. The van der Waals surface area contributed by atoms with Gasteiger partial charge in [0.25, 0.3) is 11.5 Å². The first kappa shape index (κ1) is 17.8. The third-order valence-electron chi connectivity index (χ3n) is 4.58. The van der Waals surface area contributed by atoms with Gasteiger partial charge in [0, 0.05) is 31.6 Å². The van der Waals surface area contributed by atoms with Gasteiger partial charge in [-0.25, -0.2) is 0 Å². The molecule has 0 saturated carbocycles. The molecule has 4 rings (SSSR count). The number of piperazine rings is 1. The van der Waals surface area contributed by atoms with E-state index in [0.29, 0.717) is 37.6 Å². The van der Waals surface area contributed by atoms with Crippen molar-refractivity contribution in [3.8, 4) is 5.69 Å². The van der Waals surface area contributed by atoms with Crippen LogP contribution in [0.2, 0.25) is 5.02 Å². The van der Waals surface area contributed by atoms with E-state index in [2.05, 4.69) is 5.10 Å². The van der Waals surface area contributed by atoms with Crippen LogP contribution in [-0.2, 0) is 0 Å². The predicted octanol–water partition coefficient (Wildman–Crippen LogP) is 2.91. The third-order valence-corrected chi connectivity index (χ3v) is 5.62. The number of thiophene rings is 1. The van der Waals surface area contributed by atoms with Crippen molar-refractivity contribution >= 4 is 34.5 Å². The van der Waals surface area contributed by atoms with E-state index in [1.165, 1.54) is 16.0 Å². The minimum atomic E-state index is -0.350. The van der Waals surface area contributed by atoms with Gasteiger partial charge >= 0.3 is 0 Å². The maximum Gasteiger partial charge on any atom is 0.292 e. The van der Waals surface area contributed by atoms with Gasteiger partial charge in [0.15, 0.2) is 0 Å². The first-order chi connectivity index (χ1) is 13.1. The van der Waals surface area contributed by atoms with Gasteiger partial charge in [-0.3, -0.25) is 9.59 Å². The molecule has 3 aromatic rings. The number of rotatable bonds is 3. The van der Waals surface area contributed by atoms with Crippen molar-refractivity contribution in [3.63, 3.8) is 0 Å². The average Bonchev–Trinajstić information content (AvgIpc) is 3.25. The molecule has 1 fully saturated rings. The standard InChI is InChI=1S/C19H17ClN4O2S/c20-17-16(12-21-24(19(17)26)15-4-2-1-3-5-15)22-7-9-23(10-8-22)18(25)14-6-11-27-13-14/h1-6,11-13H,7-10H2. The molecule has 138 valence electrons. The smallest absolute Gasteiger partial charge is 0.292 e. The Morgan fingerprint density at radius 1 is 1.07 bits per heavy atom. The molecule has 0 spiro atoms. The zero-order valence-electron chi connectivity index (χ0n) is 14.4. The Labute approximate surface area is 165 Å². The summed E-state index contributed by atoms with van der Waals surface area (Å²) in [4.78, 5) is 28.9. The van der Waals surface area contributed by atoms with Crippen molar-refractivity contribution in [2.75, 3.05) is 31.1 Å². The van der Waals surface area contributed by atoms with Crippen molar-refractivity contribution < 1.29 is 4.79 Å². The molecular formula is C19H17ClN4O2S. The normalized spacial score (nSPS) is 14.4. The molecule has 0 aliphatic carbocycles. The van der Waals surface area contributed by atoms with E-state index in [-0.39, 0.29) is 16.5 Å². The van der Waals surface area contributed by atoms with Crippen LogP contribution in [0.15, 0.2) is 58.1 Å². The SMILES string of the molecule is O=C(c1ccsc1)N1CCN(c2cnn(-c3ccccc3)c(=O)c2Cl)CC1. The Bertz CT molecular complexity index is 996. The lowest BCUT2D eigenvalue weighted by Gasteiger charge is -2.36. The summed E-state index contributed by atoms with van der Waals surface area (Å²) in [7, 11) is 0. The molecule has 1 saturated heterocycles. The van der Waals surface area contributed by atoms with Gasteiger partial charge < -0.3 is 9.80 Å². The summed E-state index contributed by atoms with van der Waals surface area (Å²) in [6, 6.07) is 11.0. The number of para-hydroxylation sites is 1. The molecule has 8 heteroatoms. The molecule has 2 aromatic heterocycles. The van der Waals surface area contributed by atoms with Crippen molar-refractivity contribution in [1.29, 1.82) is 0 Å². The van der Waals surface area contributed by atoms with Crippen LogP contribution in [0.5, 0.6) is 0 Å². The first-order valence-electron chi connectivity index (χ1n) is 8.55. The number of carbonyl (C=O) groups is 1. The van der Waals surface area contributed by atoms with Crippen LogP contribution in [0.3, 0.4) is 0 Å². The number of halogens is 1. The lowest BCUT2D eigenvalue weighted by Crippen LogP contribution is -2.49. The number of anilines is 1. The zero-order chi connectivity index (χ0) is 18.8. The highest BCUT2D eigenvalue weighted by Crippen LogP contribution is 2.23. The summed E-state index contributed by atoms with van der Waals surface area (Å²) in [5.41, 5.74) is 1.65. The molecule has 1 aliphatic heterocycles. The lowest BCUT2D eigenvalue weighted by molar-refractivity contribution is 0.0747. The third kappa shape index (κ3) is 3.48. The number of amides is 1. The average molecular weight is 401 g/mol. The minimum Gasteiger partial charge on any atom is -0.365 e. The summed E-state index contributed by atoms with van der Waals surface area (Å²) in [6.45, 7) is 2.36. The van der Waals surface area contributed by atoms with Crippen LogP contribution in [0.25, 0.3) is 5.69 Å². The fourth-order valence-corrected chi connectivity index (χ4v) is 3.99. The Morgan fingerprint density at radius 3 is 2.48 bits per heavy atom. The van der Waals surface area contributed by atoms with E-state index in [1.54, 1.807) is 18.3 Å². The highest BCUT2D eigenvalue weighted by Gasteiger charge is 2.25. The highest BCUT2D eigenvalue weighted by atomic mass is 35.5. The van der Waals surface area contributed by atoms with Crippen LogP contribution in [0.4, 0.5) is 5.69 Å². The van der Waals surface area contributed by atoms with E-state index >= 15 is 0 Å². The van der Waals surface area contributed by atoms with Crippen LogP contribution < -0.4 is 10.5 Å². The van der Waals surface area contributed by atoms with Crippen LogP contribution in [0.1, 0.15) is 10.4 Å². The van der Waals surface area contributed by atoms with Crippen LogP contribution in [0, 0.1) is 0 Å². The summed E-state index contributed by atoms with van der Waals surface area (Å²) >= 11 is 7.88. The molecule has 1 aromatic carbocycles. The van der Waals surface area contributed by atoms with Crippen LogP contribution >= 0.6 is 22.9 Å². The second-order valence-corrected chi connectivity index (χ2v) is 7.35. The van der Waals surface area contributed by atoms with Gasteiger partial charge in [-0.1, -0.05) is 29.8 Å². The van der Waals surface area contributed by atoms with Crippen molar-refractivity contribution in [3.05, 3.63) is 74.3 Å². The number of hydrogen-bond donors (Lipinski definition) is 0. The van der Waals surface area contributed by atoms with E-state index in [4.69, 9.17) is 11.6 Å². The Morgan fingerprint density at radius 2 is 1.81 bits per heavy atom. The molecule has 6 nitrogen and oxygen atoms in total. The van der Waals surface area contributed by atoms with Crippen molar-refractivity contribution in [2.24, 2.45) is 0 Å². The fraction of sp³-hybridized carbons (Fsp3) is 0.211. The predicted molar refractivity (Wildman–Crippen MR) is 107 cm³/mol. The second kappa shape index (κ2) is 7.54. The van der Waals surface area contributed by atoms with Gasteiger partial charge in [0.1, 0.15) is 5.02 Å². The molecule has 27 heavy (non-hydrogen) atoms.